The number of benzene rings is 2. The highest BCUT2D eigenvalue weighted by molar-refractivity contribution is 7.98. The average Bonchev–Trinajstić information content (AvgIpc) is 2.52. The quantitative estimate of drug-likeness (QED) is 0.424. The molecule has 3 rings (SSSR count). The van der Waals surface area contributed by atoms with Gasteiger partial charge in [-0.15, -0.1) is 11.8 Å². The van der Waals surface area contributed by atoms with Crippen LogP contribution in [0, 0.1) is 0 Å². The van der Waals surface area contributed by atoms with Gasteiger partial charge in [-0.05, 0) is 30.3 Å². The van der Waals surface area contributed by atoms with Crippen molar-refractivity contribution in [1.29, 1.82) is 0 Å². The third-order valence-electron chi connectivity index (χ3n) is 3.13. The predicted octanol–water partition coefficient (Wildman–Crippen LogP) is 4.47. The standard InChI is InChI=1S/C16H14ClN3S/c17-13-5-3-6-14(9-13)21-10-12-8-11-4-1-2-7-15(11)19-16(12)20-18/h1-9H,10,18H2,(H,19,20). The average molecular weight is 316 g/mol. The largest absolute Gasteiger partial charge is 0.308 e. The fourth-order valence-corrected chi connectivity index (χ4v) is 3.29. The third kappa shape index (κ3) is 3.29. The van der Waals surface area contributed by atoms with Gasteiger partial charge in [0.15, 0.2) is 0 Å². The molecule has 0 spiro atoms. The van der Waals surface area contributed by atoms with Gasteiger partial charge in [0.1, 0.15) is 5.82 Å². The molecule has 0 fully saturated rings. The van der Waals surface area contributed by atoms with Crippen molar-refractivity contribution in [2.45, 2.75) is 10.6 Å². The number of thioether (sulfide) groups is 1. The minimum Gasteiger partial charge on any atom is -0.308 e. The highest BCUT2D eigenvalue weighted by atomic mass is 35.5. The molecule has 3 aromatic rings. The molecular formula is C16H14ClN3S. The number of pyridine rings is 1. The molecule has 0 aliphatic rings. The molecule has 3 N–H and O–H groups in total. The lowest BCUT2D eigenvalue weighted by atomic mass is 10.1. The Hall–Kier alpha value is -1.75. The van der Waals surface area contributed by atoms with Crippen molar-refractivity contribution in [3.8, 4) is 0 Å². The summed E-state index contributed by atoms with van der Waals surface area (Å²) in [5.41, 5.74) is 4.69. The molecule has 3 nitrogen and oxygen atoms in total. The van der Waals surface area contributed by atoms with E-state index in [-0.39, 0.29) is 0 Å². The Morgan fingerprint density at radius 1 is 1.10 bits per heavy atom. The molecular weight excluding hydrogens is 302 g/mol. The number of halogens is 1. The van der Waals surface area contributed by atoms with Crippen molar-refractivity contribution in [2.75, 3.05) is 5.43 Å². The number of nitrogens with one attached hydrogen (secondary N) is 1. The summed E-state index contributed by atoms with van der Waals surface area (Å²) in [5, 5.41) is 1.85. The Kier molecular flexibility index (Phi) is 4.29. The van der Waals surface area contributed by atoms with Gasteiger partial charge in [0.05, 0.1) is 5.52 Å². The van der Waals surface area contributed by atoms with Crippen molar-refractivity contribution >= 4 is 40.1 Å². The van der Waals surface area contributed by atoms with Crippen molar-refractivity contribution in [1.82, 2.24) is 4.98 Å². The van der Waals surface area contributed by atoms with Gasteiger partial charge >= 0.3 is 0 Å². The lowest BCUT2D eigenvalue weighted by molar-refractivity contribution is 1.21. The van der Waals surface area contributed by atoms with E-state index in [0.717, 1.165) is 32.1 Å². The number of hydrazine groups is 1. The highest BCUT2D eigenvalue weighted by Gasteiger charge is 2.07. The smallest absolute Gasteiger partial charge is 0.144 e. The van der Waals surface area contributed by atoms with E-state index in [2.05, 4.69) is 22.5 Å². The first kappa shape index (κ1) is 14.2. The first-order valence-corrected chi connectivity index (χ1v) is 7.86. The summed E-state index contributed by atoms with van der Waals surface area (Å²) in [6, 6.07) is 17.9. The number of hydrogen-bond acceptors (Lipinski definition) is 4. The van der Waals surface area contributed by atoms with Crippen molar-refractivity contribution in [3.63, 3.8) is 0 Å². The molecule has 1 heterocycles. The number of rotatable bonds is 4. The predicted molar refractivity (Wildman–Crippen MR) is 90.6 cm³/mol. The first-order valence-electron chi connectivity index (χ1n) is 6.50. The summed E-state index contributed by atoms with van der Waals surface area (Å²) in [6.07, 6.45) is 0. The number of para-hydroxylation sites is 1. The van der Waals surface area contributed by atoms with Crippen LogP contribution in [0.2, 0.25) is 5.02 Å². The van der Waals surface area contributed by atoms with Crippen LogP contribution in [0.25, 0.3) is 10.9 Å². The lowest BCUT2D eigenvalue weighted by Crippen LogP contribution is -2.11. The van der Waals surface area contributed by atoms with Crippen LogP contribution < -0.4 is 11.3 Å². The summed E-state index contributed by atoms with van der Waals surface area (Å²) >= 11 is 7.71. The fourth-order valence-electron chi connectivity index (χ4n) is 2.11. The van der Waals surface area contributed by atoms with E-state index < -0.39 is 0 Å². The van der Waals surface area contributed by atoms with E-state index >= 15 is 0 Å². The Morgan fingerprint density at radius 2 is 1.95 bits per heavy atom. The second kappa shape index (κ2) is 6.35. The number of nitrogen functional groups attached to an aromatic ring is 1. The van der Waals surface area contributed by atoms with Crippen LogP contribution in [0.5, 0.6) is 0 Å². The molecule has 0 amide bonds. The van der Waals surface area contributed by atoms with Gasteiger partial charge < -0.3 is 5.43 Å². The molecule has 106 valence electrons. The maximum Gasteiger partial charge on any atom is 0.144 e. The number of fused-ring (bicyclic) bond motifs is 1. The molecule has 0 bridgehead atoms. The Bertz CT molecular complexity index is 776. The van der Waals surface area contributed by atoms with Gasteiger partial charge in [-0.3, -0.25) is 0 Å². The maximum atomic E-state index is 6.01. The number of anilines is 1. The minimum absolute atomic E-state index is 0.711. The van der Waals surface area contributed by atoms with Crippen LogP contribution in [-0.2, 0) is 5.75 Å². The fraction of sp³-hybridized carbons (Fsp3) is 0.0625. The van der Waals surface area contributed by atoms with Gasteiger partial charge in [0, 0.05) is 26.6 Å². The van der Waals surface area contributed by atoms with Gasteiger partial charge in [-0.1, -0.05) is 35.9 Å². The van der Waals surface area contributed by atoms with Crippen molar-refractivity contribution in [3.05, 3.63) is 65.2 Å². The van der Waals surface area contributed by atoms with E-state index in [1.165, 1.54) is 0 Å². The molecule has 0 saturated heterocycles. The van der Waals surface area contributed by atoms with Gasteiger partial charge in [-0.25, -0.2) is 10.8 Å². The Balaban J connectivity index is 1.88. The zero-order chi connectivity index (χ0) is 14.7. The summed E-state index contributed by atoms with van der Waals surface area (Å²) in [5.74, 6) is 7.08. The topological polar surface area (TPSA) is 50.9 Å². The van der Waals surface area contributed by atoms with Crippen molar-refractivity contribution < 1.29 is 0 Å². The molecule has 0 saturated carbocycles. The second-order valence-electron chi connectivity index (χ2n) is 4.58. The van der Waals surface area contributed by atoms with Crippen LogP contribution in [0.4, 0.5) is 5.82 Å². The molecule has 0 atom stereocenters. The van der Waals surface area contributed by atoms with Crippen LogP contribution in [0.3, 0.4) is 0 Å². The van der Waals surface area contributed by atoms with Crippen LogP contribution >= 0.6 is 23.4 Å². The van der Waals surface area contributed by atoms with E-state index in [1.807, 2.05) is 42.5 Å². The van der Waals surface area contributed by atoms with E-state index in [4.69, 9.17) is 17.4 Å². The Labute approximate surface area is 132 Å². The molecule has 2 aromatic carbocycles. The van der Waals surface area contributed by atoms with E-state index in [9.17, 15) is 0 Å². The molecule has 0 radical (unpaired) electrons. The summed E-state index contributed by atoms with van der Waals surface area (Å²) in [7, 11) is 0. The summed E-state index contributed by atoms with van der Waals surface area (Å²) < 4.78 is 0. The number of hydrogen-bond donors (Lipinski definition) is 2. The zero-order valence-corrected chi connectivity index (χ0v) is 12.8. The third-order valence-corrected chi connectivity index (χ3v) is 4.41. The highest BCUT2D eigenvalue weighted by Crippen LogP contribution is 2.29. The maximum absolute atomic E-state index is 6.01. The normalized spacial score (nSPS) is 10.8. The zero-order valence-electron chi connectivity index (χ0n) is 11.2. The van der Waals surface area contributed by atoms with Gasteiger partial charge in [-0.2, -0.15) is 0 Å². The monoisotopic (exact) mass is 315 g/mol. The molecule has 21 heavy (non-hydrogen) atoms. The second-order valence-corrected chi connectivity index (χ2v) is 6.06. The Morgan fingerprint density at radius 3 is 2.76 bits per heavy atom. The van der Waals surface area contributed by atoms with Gasteiger partial charge in [0.25, 0.3) is 0 Å². The SMILES string of the molecule is NNc1nc2ccccc2cc1CSc1cccc(Cl)c1. The molecule has 0 aliphatic heterocycles. The lowest BCUT2D eigenvalue weighted by Gasteiger charge is -2.10. The molecule has 1 aromatic heterocycles. The number of nitrogens with zero attached hydrogens (tertiary/aromatic N) is 1. The van der Waals surface area contributed by atoms with Crippen molar-refractivity contribution in [2.24, 2.45) is 5.84 Å². The summed E-state index contributed by atoms with van der Waals surface area (Å²) in [4.78, 5) is 5.67. The van der Waals surface area contributed by atoms with Crippen LogP contribution in [0.15, 0.2) is 59.5 Å². The minimum atomic E-state index is 0.711. The molecule has 0 aliphatic carbocycles. The molecule has 5 heteroatoms. The van der Waals surface area contributed by atoms with E-state index in [0.29, 0.717) is 5.82 Å². The summed E-state index contributed by atoms with van der Waals surface area (Å²) in [6.45, 7) is 0. The molecule has 0 unspecified atom stereocenters. The van der Waals surface area contributed by atoms with E-state index in [1.54, 1.807) is 11.8 Å². The van der Waals surface area contributed by atoms with Crippen LogP contribution in [0.1, 0.15) is 5.56 Å². The first-order chi connectivity index (χ1) is 10.3. The number of nitrogens with two attached hydrogens (primary N) is 1. The van der Waals surface area contributed by atoms with Gasteiger partial charge in [0.2, 0.25) is 0 Å². The number of aromatic nitrogens is 1. The van der Waals surface area contributed by atoms with Crippen LogP contribution in [-0.4, -0.2) is 4.98 Å².